The highest BCUT2D eigenvalue weighted by atomic mass is 19.1. The molecule has 0 amide bonds. The van der Waals surface area contributed by atoms with Crippen molar-refractivity contribution < 1.29 is 9.18 Å². The molecule has 2 aromatic carbocycles. The van der Waals surface area contributed by atoms with Crippen molar-refractivity contribution in [2.75, 3.05) is 0 Å². The topological polar surface area (TPSA) is 17.1 Å². The monoisotopic (exact) mass is 254 g/mol. The number of halogens is 1. The third kappa shape index (κ3) is 2.19. The van der Waals surface area contributed by atoms with Gasteiger partial charge < -0.3 is 0 Å². The van der Waals surface area contributed by atoms with Crippen LogP contribution in [0.1, 0.15) is 27.0 Å². The lowest BCUT2D eigenvalue weighted by molar-refractivity contribution is 0.0920. The van der Waals surface area contributed by atoms with E-state index in [2.05, 4.69) is 0 Å². The molecule has 0 spiro atoms. The van der Waals surface area contributed by atoms with Crippen molar-refractivity contribution in [2.24, 2.45) is 5.92 Å². The Hall–Kier alpha value is -1.96. The van der Waals surface area contributed by atoms with Crippen LogP contribution in [0.15, 0.2) is 42.5 Å². The van der Waals surface area contributed by atoms with Gasteiger partial charge >= 0.3 is 0 Å². The average molecular weight is 254 g/mol. The predicted molar refractivity (Wildman–Crippen MR) is 72.8 cm³/mol. The molecule has 0 fully saturated rings. The van der Waals surface area contributed by atoms with E-state index in [1.807, 2.05) is 31.2 Å². The van der Waals surface area contributed by atoms with Crippen molar-refractivity contribution in [3.05, 3.63) is 70.5 Å². The van der Waals surface area contributed by atoms with E-state index in [9.17, 15) is 9.18 Å². The van der Waals surface area contributed by atoms with Gasteiger partial charge in [0.1, 0.15) is 5.82 Å². The van der Waals surface area contributed by atoms with Gasteiger partial charge in [0.25, 0.3) is 0 Å². The lowest BCUT2D eigenvalue weighted by atomic mass is 9.94. The molecule has 96 valence electrons. The number of fused-ring (bicyclic) bond motifs is 1. The number of hydrogen-bond donors (Lipinski definition) is 0. The van der Waals surface area contributed by atoms with Gasteiger partial charge in [-0.25, -0.2) is 4.39 Å². The quantitative estimate of drug-likeness (QED) is 0.746. The lowest BCUT2D eigenvalue weighted by Crippen LogP contribution is -2.16. The molecule has 0 N–H and O–H groups in total. The molecule has 2 heteroatoms. The molecule has 1 aliphatic carbocycles. The first-order chi connectivity index (χ1) is 9.15. The fourth-order valence-electron chi connectivity index (χ4n) is 2.78. The second-order valence-corrected chi connectivity index (χ2v) is 5.22. The first-order valence-corrected chi connectivity index (χ1v) is 6.52. The van der Waals surface area contributed by atoms with Crippen LogP contribution in [0.3, 0.4) is 0 Å². The minimum atomic E-state index is -0.402. The van der Waals surface area contributed by atoms with E-state index in [1.165, 1.54) is 17.2 Å². The predicted octanol–water partition coefficient (Wildman–Crippen LogP) is 3.73. The van der Waals surface area contributed by atoms with Crippen LogP contribution in [0, 0.1) is 18.7 Å². The molecule has 2 aromatic rings. The highest BCUT2D eigenvalue weighted by Crippen LogP contribution is 2.29. The third-order valence-electron chi connectivity index (χ3n) is 3.81. The molecule has 3 rings (SSSR count). The molecular weight excluding hydrogens is 239 g/mol. The minimum Gasteiger partial charge on any atom is -0.294 e. The molecule has 0 saturated carbocycles. The minimum absolute atomic E-state index is 0.0753. The average Bonchev–Trinajstić information content (AvgIpc) is 2.81. The van der Waals surface area contributed by atoms with E-state index in [4.69, 9.17) is 0 Å². The highest BCUT2D eigenvalue weighted by Gasteiger charge is 2.29. The molecule has 0 radical (unpaired) electrons. The molecule has 1 nitrogen and oxygen atoms in total. The van der Waals surface area contributed by atoms with Crippen LogP contribution in [-0.4, -0.2) is 5.78 Å². The molecule has 19 heavy (non-hydrogen) atoms. The molecule has 0 aliphatic heterocycles. The van der Waals surface area contributed by atoms with Crippen molar-refractivity contribution in [3.63, 3.8) is 0 Å². The summed E-state index contributed by atoms with van der Waals surface area (Å²) in [6, 6.07) is 12.9. The van der Waals surface area contributed by atoms with Crippen LogP contribution in [-0.2, 0) is 12.8 Å². The van der Waals surface area contributed by atoms with Gasteiger partial charge in [-0.2, -0.15) is 0 Å². The Morgan fingerprint density at radius 2 is 1.74 bits per heavy atom. The summed E-state index contributed by atoms with van der Waals surface area (Å²) in [7, 11) is 0. The zero-order valence-electron chi connectivity index (χ0n) is 10.8. The zero-order chi connectivity index (χ0) is 13.4. The van der Waals surface area contributed by atoms with Crippen molar-refractivity contribution in [2.45, 2.75) is 19.8 Å². The summed E-state index contributed by atoms with van der Waals surface area (Å²) in [5, 5.41) is 0. The Morgan fingerprint density at radius 3 is 2.32 bits per heavy atom. The summed E-state index contributed by atoms with van der Waals surface area (Å²) < 4.78 is 13.9. The molecule has 0 atom stereocenters. The summed E-state index contributed by atoms with van der Waals surface area (Å²) in [6.07, 6.45) is 1.45. The van der Waals surface area contributed by atoms with E-state index in [1.54, 1.807) is 12.1 Å². The van der Waals surface area contributed by atoms with E-state index in [-0.39, 0.29) is 17.3 Å². The Balaban J connectivity index is 1.87. The SMILES string of the molecule is Cc1ccc(C(=O)C2Cc3ccccc3C2)c(F)c1. The largest absolute Gasteiger partial charge is 0.294 e. The number of carbonyl (C=O) groups excluding carboxylic acids is 1. The summed E-state index contributed by atoms with van der Waals surface area (Å²) in [5.41, 5.74) is 3.49. The summed E-state index contributed by atoms with van der Waals surface area (Å²) in [4.78, 5) is 12.4. The van der Waals surface area contributed by atoms with Gasteiger partial charge in [0, 0.05) is 5.92 Å². The van der Waals surface area contributed by atoms with Crippen LogP contribution in [0.5, 0.6) is 0 Å². The van der Waals surface area contributed by atoms with Crippen LogP contribution in [0.2, 0.25) is 0 Å². The first kappa shape index (κ1) is 12.1. The van der Waals surface area contributed by atoms with Crippen LogP contribution < -0.4 is 0 Å². The molecule has 1 aliphatic rings. The fourth-order valence-corrected chi connectivity index (χ4v) is 2.78. The first-order valence-electron chi connectivity index (χ1n) is 6.52. The normalized spacial score (nSPS) is 14.4. The third-order valence-corrected chi connectivity index (χ3v) is 3.81. The summed E-state index contributed by atoms with van der Waals surface area (Å²) in [5.74, 6) is -0.593. The number of aryl methyl sites for hydroxylation is 1. The van der Waals surface area contributed by atoms with Crippen LogP contribution in [0.4, 0.5) is 4.39 Å². The molecule has 0 bridgehead atoms. The van der Waals surface area contributed by atoms with E-state index in [0.29, 0.717) is 0 Å². The number of hydrogen-bond acceptors (Lipinski definition) is 1. The number of rotatable bonds is 2. The van der Waals surface area contributed by atoms with E-state index < -0.39 is 5.82 Å². The standard InChI is InChI=1S/C17H15FO/c1-11-6-7-15(16(18)8-11)17(19)14-9-12-4-2-3-5-13(12)10-14/h2-8,14H,9-10H2,1H3. The van der Waals surface area contributed by atoms with Gasteiger partial charge in [0.2, 0.25) is 0 Å². The molecule has 0 aromatic heterocycles. The van der Waals surface area contributed by atoms with Crippen molar-refractivity contribution >= 4 is 5.78 Å². The zero-order valence-corrected chi connectivity index (χ0v) is 10.8. The Bertz CT molecular complexity index is 620. The Labute approximate surface area is 112 Å². The molecule has 0 saturated heterocycles. The van der Waals surface area contributed by atoms with Gasteiger partial charge in [-0.1, -0.05) is 30.3 Å². The van der Waals surface area contributed by atoms with Gasteiger partial charge in [0.15, 0.2) is 5.78 Å². The highest BCUT2D eigenvalue weighted by molar-refractivity contribution is 5.98. The van der Waals surface area contributed by atoms with E-state index >= 15 is 0 Å². The second kappa shape index (κ2) is 4.61. The van der Waals surface area contributed by atoms with Gasteiger partial charge in [-0.15, -0.1) is 0 Å². The smallest absolute Gasteiger partial charge is 0.169 e. The number of carbonyl (C=O) groups is 1. The second-order valence-electron chi connectivity index (χ2n) is 5.22. The Kier molecular flexibility index (Phi) is 2.94. The van der Waals surface area contributed by atoms with Crippen molar-refractivity contribution in [3.8, 4) is 0 Å². The van der Waals surface area contributed by atoms with E-state index in [0.717, 1.165) is 18.4 Å². The number of ketones is 1. The summed E-state index contributed by atoms with van der Waals surface area (Å²) in [6.45, 7) is 1.82. The van der Waals surface area contributed by atoms with Crippen molar-refractivity contribution in [1.29, 1.82) is 0 Å². The maximum absolute atomic E-state index is 13.9. The van der Waals surface area contributed by atoms with Gasteiger partial charge in [-0.05, 0) is 48.6 Å². The van der Waals surface area contributed by atoms with Crippen LogP contribution >= 0.6 is 0 Å². The molecule has 0 unspecified atom stereocenters. The molecule has 0 heterocycles. The van der Waals surface area contributed by atoms with Crippen molar-refractivity contribution in [1.82, 2.24) is 0 Å². The number of benzene rings is 2. The fraction of sp³-hybridized carbons (Fsp3) is 0.235. The lowest BCUT2D eigenvalue weighted by Gasteiger charge is -2.09. The maximum atomic E-state index is 13.9. The summed E-state index contributed by atoms with van der Waals surface area (Å²) >= 11 is 0. The van der Waals surface area contributed by atoms with Crippen LogP contribution in [0.25, 0.3) is 0 Å². The van der Waals surface area contributed by atoms with Gasteiger partial charge in [0.05, 0.1) is 5.56 Å². The number of Topliss-reactive ketones (excluding diaryl/α,β-unsaturated/α-hetero) is 1. The maximum Gasteiger partial charge on any atom is 0.169 e. The molecular formula is C17H15FO. The Morgan fingerprint density at radius 1 is 1.11 bits per heavy atom. The van der Waals surface area contributed by atoms with Gasteiger partial charge in [-0.3, -0.25) is 4.79 Å².